The monoisotopic (exact) mass is 272 g/mol. The van der Waals surface area contributed by atoms with E-state index in [9.17, 15) is 8.78 Å². The van der Waals surface area contributed by atoms with Gasteiger partial charge < -0.3 is 19.7 Å². The summed E-state index contributed by atoms with van der Waals surface area (Å²) in [4.78, 5) is 1.95. The van der Waals surface area contributed by atoms with E-state index in [1.807, 2.05) is 4.90 Å². The Bertz CT molecular complexity index is 400. The molecule has 1 aromatic rings. The largest absolute Gasteiger partial charge is 0.485 e. The number of methoxy groups -OCH3 is 1. The molecule has 0 atom stereocenters. The lowest BCUT2D eigenvalue weighted by molar-refractivity contribution is 0.141. The van der Waals surface area contributed by atoms with Crippen LogP contribution in [0.5, 0.6) is 5.75 Å². The number of hydrogen-bond donors (Lipinski definition) is 1. The van der Waals surface area contributed by atoms with Crippen molar-refractivity contribution >= 4 is 5.69 Å². The number of piperazine rings is 1. The summed E-state index contributed by atoms with van der Waals surface area (Å²) in [6.07, 6.45) is 0. The molecule has 1 fully saturated rings. The average Bonchev–Trinajstić information content (AvgIpc) is 2.43. The van der Waals surface area contributed by atoms with Crippen LogP contribution in [0.3, 0.4) is 0 Å². The second-order valence-electron chi connectivity index (χ2n) is 4.32. The van der Waals surface area contributed by atoms with E-state index in [-0.39, 0.29) is 12.4 Å². The molecule has 1 aromatic carbocycles. The molecule has 0 bridgehead atoms. The highest BCUT2D eigenvalue weighted by Gasteiger charge is 2.17. The van der Waals surface area contributed by atoms with Crippen LogP contribution in [0.4, 0.5) is 14.5 Å². The van der Waals surface area contributed by atoms with Gasteiger partial charge in [-0.1, -0.05) is 0 Å². The first kappa shape index (κ1) is 14.0. The molecule has 0 aliphatic carbocycles. The van der Waals surface area contributed by atoms with Crippen molar-refractivity contribution in [1.29, 1.82) is 0 Å². The first-order valence-electron chi connectivity index (χ1n) is 6.29. The van der Waals surface area contributed by atoms with E-state index in [0.29, 0.717) is 12.3 Å². The molecule has 19 heavy (non-hydrogen) atoms. The lowest BCUT2D eigenvalue weighted by Gasteiger charge is -2.29. The van der Waals surface area contributed by atoms with E-state index in [0.717, 1.165) is 26.2 Å². The highest BCUT2D eigenvalue weighted by atomic mass is 19.1. The molecule has 1 saturated heterocycles. The van der Waals surface area contributed by atoms with Crippen molar-refractivity contribution in [3.8, 4) is 5.75 Å². The van der Waals surface area contributed by atoms with Gasteiger partial charge in [0.2, 0.25) is 0 Å². The molecule has 1 aliphatic rings. The molecule has 0 spiro atoms. The van der Waals surface area contributed by atoms with E-state index in [1.54, 1.807) is 0 Å². The maximum absolute atomic E-state index is 13.8. The van der Waals surface area contributed by atoms with E-state index in [1.165, 1.54) is 19.2 Å². The SMILES string of the molecule is COCCOc1c(F)cc(N2CCNCC2)cc1F. The normalized spacial score (nSPS) is 15.6. The van der Waals surface area contributed by atoms with Crippen molar-refractivity contribution in [2.45, 2.75) is 0 Å². The van der Waals surface area contributed by atoms with Gasteiger partial charge in [0.15, 0.2) is 17.4 Å². The van der Waals surface area contributed by atoms with Gasteiger partial charge in [0.25, 0.3) is 0 Å². The third kappa shape index (κ3) is 3.54. The lowest BCUT2D eigenvalue weighted by atomic mass is 10.2. The van der Waals surface area contributed by atoms with E-state index in [2.05, 4.69) is 5.32 Å². The highest BCUT2D eigenvalue weighted by Crippen LogP contribution is 2.28. The number of nitrogens with one attached hydrogen (secondary N) is 1. The molecule has 0 aromatic heterocycles. The number of benzene rings is 1. The number of anilines is 1. The lowest BCUT2D eigenvalue weighted by Crippen LogP contribution is -2.43. The van der Waals surface area contributed by atoms with Crippen molar-refractivity contribution < 1.29 is 18.3 Å². The van der Waals surface area contributed by atoms with Crippen LogP contribution in [0.25, 0.3) is 0 Å². The van der Waals surface area contributed by atoms with Gasteiger partial charge >= 0.3 is 0 Å². The summed E-state index contributed by atoms with van der Waals surface area (Å²) in [6.45, 7) is 3.52. The van der Waals surface area contributed by atoms with Crippen molar-refractivity contribution in [3.05, 3.63) is 23.8 Å². The molecule has 1 heterocycles. The number of halogens is 2. The zero-order valence-corrected chi connectivity index (χ0v) is 10.9. The molecular weight excluding hydrogens is 254 g/mol. The molecule has 0 saturated carbocycles. The second kappa shape index (κ2) is 6.68. The van der Waals surface area contributed by atoms with Gasteiger partial charge in [-0.05, 0) is 0 Å². The first-order valence-corrected chi connectivity index (χ1v) is 6.29. The summed E-state index contributed by atoms with van der Waals surface area (Å²) in [5.74, 6) is -1.69. The van der Waals surface area contributed by atoms with Gasteiger partial charge in [-0.15, -0.1) is 0 Å². The van der Waals surface area contributed by atoms with Crippen LogP contribution in [0, 0.1) is 11.6 Å². The van der Waals surface area contributed by atoms with Crippen molar-refractivity contribution in [3.63, 3.8) is 0 Å². The molecular formula is C13H18F2N2O2. The van der Waals surface area contributed by atoms with E-state index in [4.69, 9.17) is 9.47 Å². The zero-order chi connectivity index (χ0) is 13.7. The number of nitrogens with zero attached hydrogens (tertiary/aromatic N) is 1. The Morgan fingerprint density at radius 2 is 1.79 bits per heavy atom. The van der Waals surface area contributed by atoms with Gasteiger partial charge in [-0.3, -0.25) is 0 Å². The Hall–Kier alpha value is -1.40. The summed E-state index contributed by atoms with van der Waals surface area (Å²) in [5, 5.41) is 3.19. The fourth-order valence-electron chi connectivity index (χ4n) is 2.02. The van der Waals surface area contributed by atoms with Crippen LogP contribution in [-0.4, -0.2) is 46.5 Å². The fraction of sp³-hybridized carbons (Fsp3) is 0.538. The Kier molecular flexibility index (Phi) is 4.93. The minimum atomic E-state index is -0.676. The molecule has 1 N–H and O–H groups in total. The Labute approximate surface area is 111 Å². The summed E-state index contributed by atoms with van der Waals surface area (Å²) in [7, 11) is 1.50. The Balaban J connectivity index is 2.11. The molecule has 2 rings (SSSR count). The molecule has 0 radical (unpaired) electrons. The van der Waals surface area contributed by atoms with Crippen molar-refractivity contribution in [1.82, 2.24) is 5.32 Å². The number of ether oxygens (including phenoxy) is 2. The predicted octanol–water partition coefficient (Wildman–Crippen LogP) is 1.40. The molecule has 106 valence electrons. The quantitative estimate of drug-likeness (QED) is 0.822. The van der Waals surface area contributed by atoms with Gasteiger partial charge in [0, 0.05) is 51.1 Å². The molecule has 4 nitrogen and oxygen atoms in total. The van der Waals surface area contributed by atoms with Gasteiger partial charge in [0.05, 0.1) is 6.61 Å². The predicted molar refractivity (Wildman–Crippen MR) is 68.8 cm³/mol. The third-order valence-electron chi connectivity index (χ3n) is 3.00. The summed E-state index contributed by atoms with van der Waals surface area (Å²) in [5.41, 5.74) is 0.551. The summed E-state index contributed by atoms with van der Waals surface area (Å²) in [6, 6.07) is 2.63. The third-order valence-corrected chi connectivity index (χ3v) is 3.00. The van der Waals surface area contributed by atoms with Crippen molar-refractivity contribution in [2.75, 3.05) is 51.4 Å². The van der Waals surface area contributed by atoms with Gasteiger partial charge in [0.1, 0.15) is 6.61 Å². The highest BCUT2D eigenvalue weighted by molar-refractivity contribution is 5.51. The van der Waals surface area contributed by atoms with E-state index >= 15 is 0 Å². The summed E-state index contributed by atoms with van der Waals surface area (Å²) < 4.78 is 37.5. The molecule has 0 amide bonds. The molecule has 0 unspecified atom stereocenters. The Morgan fingerprint density at radius 1 is 1.16 bits per heavy atom. The second-order valence-corrected chi connectivity index (χ2v) is 4.32. The minimum absolute atomic E-state index is 0.122. The smallest absolute Gasteiger partial charge is 0.190 e. The average molecular weight is 272 g/mol. The zero-order valence-electron chi connectivity index (χ0n) is 10.9. The number of hydrogen-bond acceptors (Lipinski definition) is 4. The maximum atomic E-state index is 13.8. The van der Waals surface area contributed by atoms with Gasteiger partial charge in [-0.2, -0.15) is 0 Å². The van der Waals surface area contributed by atoms with Crippen LogP contribution in [-0.2, 0) is 4.74 Å². The summed E-state index contributed by atoms with van der Waals surface area (Å²) >= 11 is 0. The van der Waals surface area contributed by atoms with Crippen LogP contribution in [0.15, 0.2) is 12.1 Å². The number of rotatable bonds is 5. The van der Waals surface area contributed by atoms with Crippen LogP contribution < -0.4 is 15.0 Å². The molecule has 1 aliphatic heterocycles. The van der Waals surface area contributed by atoms with Crippen LogP contribution in [0.2, 0.25) is 0 Å². The van der Waals surface area contributed by atoms with E-state index < -0.39 is 11.6 Å². The van der Waals surface area contributed by atoms with Crippen LogP contribution >= 0.6 is 0 Å². The van der Waals surface area contributed by atoms with Gasteiger partial charge in [-0.25, -0.2) is 8.78 Å². The van der Waals surface area contributed by atoms with Crippen molar-refractivity contribution in [2.24, 2.45) is 0 Å². The Morgan fingerprint density at radius 3 is 2.37 bits per heavy atom. The maximum Gasteiger partial charge on any atom is 0.190 e. The van der Waals surface area contributed by atoms with Crippen LogP contribution in [0.1, 0.15) is 0 Å². The molecule has 6 heteroatoms. The first-order chi connectivity index (χ1) is 9.22. The standard InChI is InChI=1S/C13H18F2N2O2/c1-18-6-7-19-13-11(14)8-10(9-12(13)15)17-4-2-16-3-5-17/h8-9,16H,2-7H2,1H3. The fourth-order valence-corrected chi connectivity index (χ4v) is 2.02. The topological polar surface area (TPSA) is 33.7 Å². The minimum Gasteiger partial charge on any atom is -0.485 e.